The van der Waals surface area contributed by atoms with Gasteiger partial charge in [0.05, 0.1) is 19.3 Å². The van der Waals surface area contributed by atoms with Crippen molar-refractivity contribution in [2.24, 2.45) is 5.92 Å². The van der Waals surface area contributed by atoms with Crippen LogP contribution in [0.25, 0.3) is 0 Å². The van der Waals surface area contributed by atoms with Crippen LogP contribution in [0.1, 0.15) is 46.9 Å². The Hall–Kier alpha value is -1.69. The Morgan fingerprint density at radius 1 is 1.50 bits per heavy atom. The lowest BCUT2D eigenvalue weighted by Gasteiger charge is -2.19. The number of ether oxygens (including phenoxy) is 1. The third kappa shape index (κ3) is 3.45. The van der Waals surface area contributed by atoms with Crippen molar-refractivity contribution in [1.82, 2.24) is 10.3 Å². The summed E-state index contributed by atoms with van der Waals surface area (Å²) in [5.74, 6) is -0.302. The summed E-state index contributed by atoms with van der Waals surface area (Å²) in [6.45, 7) is 1.87. The van der Waals surface area contributed by atoms with E-state index in [1.165, 1.54) is 24.6 Å². The third-order valence-corrected chi connectivity index (χ3v) is 4.44. The predicted molar refractivity (Wildman–Crippen MR) is 76.5 cm³/mol. The van der Waals surface area contributed by atoms with Crippen LogP contribution in [0.2, 0.25) is 0 Å². The molecule has 0 aliphatic heterocycles. The van der Waals surface area contributed by atoms with E-state index in [-0.39, 0.29) is 17.9 Å². The van der Waals surface area contributed by atoms with Crippen molar-refractivity contribution in [3.8, 4) is 0 Å². The molecular weight excluding hydrogens is 276 g/mol. The van der Waals surface area contributed by atoms with Gasteiger partial charge in [-0.3, -0.25) is 4.79 Å². The third-order valence-electron chi connectivity index (χ3n) is 3.28. The number of methoxy groups -OCH3 is 1. The van der Waals surface area contributed by atoms with Crippen molar-refractivity contribution >= 4 is 23.2 Å². The number of rotatable bonds is 4. The lowest BCUT2D eigenvalue weighted by Crippen LogP contribution is -2.33. The van der Waals surface area contributed by atoms with E-state index in [0.29, 0.717) is 9.88 Å². The van der Waals surface area contributed by atoms with Crippen LogP contribution >= 0.6 is 11.3 Å². The van der Waals surface area contributed by atoms with Crippen molar-refractivity contribution in [3.05, 3.63) is 28.2 Å². The molecule has 0 aromatic carbocycles. The molecule has 0 radical (unpaired) electrons. The maximum atomic E-state index is 12.1. The van der Waals surface area contributed by atoms with E-state index >= 15 is 0 Å². The first-order chi connectivity index (χ1) is 9.61. The summed E-state index contributed by atoms with van der Waals surface area (Å²) in [7, 11) is 1.34. The minimum atomic E-state index is -0.398. The van der Waals surface area contributed by atoms with Gasteiger partial charge in [-0.05, 0) is 26.2 Å². The molecule has 0 fully saturated rings. The summed E-state index contributed by atoms with van der Waals surface area (Å²) in [5.41, 5.74) is 0. The SMILES string of the molecule is COC(=O)c1cnc([C@H](C)NC(=O)[C@@H]2CC=CCC2)s1. The van der Waals surface area contributed by atoms with Crippen molar-refractivity contribution in [2.45, 2.75) is 32.2 Å². The van der Waals surface area contributed by atoms with Crippen LogP contribution in [-0.2, 0) is 9.53 Å². The Balaban J connectivity index is 1.95. The summed E-state index contributed by atoms with van der Waals surface area (Å²) in [6.07, 6.45) is 8.28. The Morgan fingerprint density at radius 3 is 2.95 bits per heavy atom. The van der Waals surface area contributed by atoms with E-state index in [1.54, 1.807) is 0 Å². The topological polar surface area (TPSA) is 68.3 Å². The highest BCUT2D eigenvalue weighted by molar-refractivity contribution is 7.13. The van der Waals surface area contributed by atoms with Gasteiger partial charge in [0.25, 0.3) is 0 Å². The van der Waals surface area contributed by atoms with Gasteiger partial charge in [0.2, 0.25) is 5.91 Å². The minimum absolute atomic E-state index is 0.0440. The molecule has 0 saturated heterocycles. The summed E-state index contributed by atoms with van der Waals surface area (Å²) in [4.78, 5) is 28.1. The first-order valence-electron chi connectivity index (χ1n) is 6.61. The molecule has 5 nitrogen and oxygen atoms in total. The monoisotopic (exact) mass is 294 g/mol. The highest BCUT2D eigenvalue weighted by atomic mass is 32.1. The molecule has 1 aromatic heterocycles. The van der Waals surface area contributed by atoms with Gasteiger partial charge in [0, 0.05) is 5.92 Å². The highest BCUT2D eigenvalue weighted by Crippen LogP contribution is 2.23. The Bertz CT molecular complexity index is 524. The molecule has 0 bridgehead atoms. The van der Waals surface area contributed by atoms with Crippen LogP contribution in [0.15, 0.2) is 18.3 Å². The number of amides is 1. The van der Waals surface area contributed by atoms with Crippen LogP contribution in [0.3, 0.4) is 0 Å². The standard InChI is InChI=1S/C14H18N2O3S/c1-9(13-15-8-11(20-13)14(18)19-2)16-12(17)10-6-4-3-5-7-10/h3-4,8-10H,5-7H2,1-2H3,(H,16,17)/t9-,10+/m0/s1. The fourth-order valence-corrected chi connectivity index (χ4v) is 2.95. The lowest BCUT2D eigenvalue weighted by atomic mass is 9.93. The molecule has 6 heteroatoms. The van der Waals surface area contributed by atoms with Crippen LogP contribution in [-0.4, -0.2) is 24.0 Å². The number of nitrogens with one attached hydrogen (secondary N) is 1. The van der Waals surface area contributed by atoms with Gasteiger partial charge in [0.15, 0.2) is 0 Å². The second-order valence-electron chi connectivity index (χ2n) is 4.77. The summed E-state index contributed by atoms with van der Waals surface area (Å²) in [6, 6.07) is -0.197. The van der Waals surface area contributed by atoms with E-state index in [1.807, 2.05) is 6.92 Å². The maximum absolute atomic E-state index is 12.1. The molecule has 2 rings (SSSR count). The number of carbonyl (C=O) groups is 2. The first-order valence-corrected chi connectivity index (χ1v) is 7.43. The van der Waals surface area contributed by atoms with Crippen LogP contribution in [0.5, 0.6) is 0 Å². The zero-order chi connectivity index (χ0) is 14.5. The van der Waals surface area contributed by atoms with Crippen LogP contribution < -0.4 is 5.32 Å². The fourth-order valence-electron chi connectivity index (χ4n) is 2.11. The van der Waals surface area contributed by atoms with Gasteiger partial charge in [0.1, 0.15) is 9.88 Å². The Kier molecular flexibility index (Phi) is 4.89. The minimum Gasteiger partial charge on any atom is -0.465 e. The molecule has 108 valence electrons. The molecular formula is C14H18N2O3S. The van der Waals surface area contributed by atoms with Gasteiger partial charge < -0.3 is 10.1 Å². The van der Waals surface area contributed by atoms with Gasteiger partial charge >= 0.3 is 5.97 Å². The van der Waals surface area contributed by atoms with Crippen molar-refractivity contribution in [1.29, 1.82) is 0 Å². The molecule has 1 amide bonds. The van der Waals surface area contributed by atoms with E-state index in [0.717, 1.165) is 19.3 Å². The van der Waals surface area contributed by atoms with Crippen molar-refractivity contribution in [2.75, 3.05) is 7.11 Å². The zero-order valence-corrected chi connectivity index (χ0v) is 12.4. The van der Waals surface area contributed by atoms with Gasteiger partial charge in [-0.25, -0.2) is 9.78 Å². The number of hydrogen-bond acceptors (Lipinski definition) is 5. The van der Waals surface area contributed by atoms with Gasteiger partial charge in [-0.1, -0.05) is 12.2 Å². The van der Waals surface area contributed by atoms with Crippen LogP contribution in [0.4, 0.5) is 0 Å². The molecule has 0 unspecified atom stereocenters. The molecule has 1 heterocycles. The smallest absolute Gasteiger partial charge is 0.349 e. The number of hydrogen-bond donors (Lipinski definition) is 1. The molecule has 1 N–H and O–H groups in total. The highest BCUT2D eigenvalue weighted by Gasteiger charge is 2.22. The molecule has 0 saturated carbocycles. The molecule has 1 aliphatic carbocycles. The molecule has 20 heavy (non-hydrogen) atoms. The van der Waals surface area contributed by atoms with E-state index in [4.69, 9.17) is 0 Å². The zero-order valence-electron chi connectivity index (χ0n) is 11.6. The summed E-state index contributed by atoms with van der Waals surface area (Å²) < 4.78 is 4.64. The molecule has 1 aliphatic rings. The second-order valence-corrected chi connectivity index (χ2v) is 5.83. The fraction of sp³-hybridized carbons (Fsp3) is 0.500. The summed E-state index contributed by atoms with van der Waals surface area (Å²) in [5, 5.41) is 3.67. The van der Waals surface area contributed by atoms with E-state index < -0.39 is 5.97 Å². The van der Waals surface area contributed by atoms with Gasteiger partial charge in [-0.2, -0.15) is 0 Å². The number of thiazole rings is 1. The van der Waals surface area contributed by atoms with Gasteiger partial charge in [-0.15, -0.1) is 11.3 Å². The van der Waals surface area contributed by atoms with Crippen molar-refractivity contribution in [3.63, 3.8) is 0 Å². The van der Waals surface area contributed by atoms with Crippen LogP contribution in [0, 0.1) is 5.92 Å². The second kappa shape index (κ2) is 6.65. The first kappa shape index (κ1) is 14.7. The molecule has 2 atom stereocenters. The average Bonchev–Trinajstić information content (AvgIpc) is 2.97. The quantitative estimate of drug-likeness (QED) is 0.684. The predicted octanol–water partition coefficient (Wildman–Crippen LogP) is 2.46. The van der Waals surface area contributed by atoms with Crippen molar-refractivity contribution < 1.29 is 14.3 Å². The van der Waals surface area contributed by atoms with E-state index in [9.17, 15) is 9.59 Å². The Morgan fingerprint density at radius 2 is 2.30 bits per heavy atom. The number of nitrogens with zero attached hydrogens (tertiary/aromatic N) is 1. The average molecular weight is 294 g/mol. The summed E-state index contributed by atoms with van der Waals surface area (Å²) >= 11 is 1.25. The number of aromatic nitrogens is 1. The maximum Gasteiger partial charge on any atom is 0.349 e. The van der Waals surface area contributed by atoms with E-state index in [2.05, 4.69) is 27.2 Å². The number of carbonyl (C=O) groups excluding carboxylic acids is 2. The largest absolute Gasteiger partial charge is 0.465 e. The number of esters is 1. The Labute approximate surface area is 122 Å². The number of allylic oxidation sites excluding steroid dienone is 2. The lowest BCUT2D eigenvalue weighted by molar-refractivity contribution is -0.125. The normalized spacial score (nSPS) is 19.4. The molecule has 1 aromatic rings. The molecule has 0 spiro atoms.